The van der Waals surface area contributed by atoms with Gasteiger partial charge >= 0.3 is 0 Å². The first-order chi connectivity index (χ1) is 10.3. The van der Waals surface area contributed by atoms with Gasteiger partial charge in [-0.1, -0.05) is 30.3 Å². The van der Waals surface area contributed by atoms with Crippen LogP contribution in [0.1, 0.15) is 0 Å². The van der Waals surface area contributed by atoms with Crippen molar-refractivity contribution < 1.29 is 4.79 Å². The van der Waals surface area contributed by atoms with Crippen molar-refractivity contribution in [3.63, 3.8) is 0 Å². The molecule has 2 heterocycles. The van der Waals surface area contributed by atoms with Crippen LogP contribution in [0.2, 0.25) is 0 Å². The number of hydrogen-bond acceptors (Lipinski definition) is 6. The summed E-state index contributed by atoms with van der Waals surface area (Å²) in [6.07, 6.45) is 0. The lowest BCUT2D eigenvalue weighted by molar-refractivity contribution is -0.120. The van der Waals surface area contributed by atoms with E-state index in [1.165, 1.54) is 0 Å². The maximum absolute atomic E-state index is 11.5. The Morgan fingerprint density at radius 3 is 2.76 bits per heavy atom. The number of nitrogens with two attached hydrogens (primary N) is 1. The fourth-order valence-corrected chi connectivity index (χ4v) is 2.22. The van der Waals surface area contributed by atoms with Gasteiger partial charge in [0.05, 0.1) is 6.54 Å². The number of aromatic nitrogens is 2. The molecule has 1 saturated heterocycles. The highest BCUT2D eigenvalue weighted by molar-refractivity contribution is 5.82. The van der Waals surface area contributed by atoms with Gasteiger partial charge in [0.2, 0.25) is 5.91 Å². The van der Waals surface area contributed by atoms with Crippen molar-refractivity contribution in [1.82, 2.24) is 15.3 Å². The first-order valence-electron chi connectivity index (χ1n) is 6.69. The number of nitrogens with zero attached hydrogens (tertiary/aromatic N) is 3. The average molecular weight is 284 g/mol. The van der Waals surface area contributed by atoms with Crippen LogP contribution in [0.15, 0.2) is 36.4 Å². The molecule has 7 heteroatoms. The summed E-state index contributed by atoms with van der Waals surface area (Å²) in [5.41, 5.74) is 3.45. The third kappa shape index (κ3) is 2.92. The van der Waals surface area contributed by atoms with E-state index in [2.05, 4.69) is 20.7 Å². The van der Waals surface area contributed by atoms with Crippen LogP contribution < -0.4 is 21.5 Å². The maximum Gasteiger partial charge on any atom is 0.239 e. The fraction of sp³-hybridized carbons (Fsp3) is 0.214. The minimum absolute atomic E-state index is 0.0108. The number of rotatable bonds is 3. The van der Waals surface area contributed by atoms with Crippen LogP contribution in [0, 0.1) is 0 Å². The number of piperazine rings is 1. The Kier molecular flexibility index (Phi) is 3.65. The smallest absolute Gasteiger partial charge is 0.239 e. The quantitative estimate of drug-likeness (QED) is 0.556. The molecular weight excluding hydrogens is 268 g/mol. The van der Waals surface area contributed by atoms with Gasteiger partial charge in [-0.05, 0) is 0 Å². The highest BCUT2D eigenvalue weighted by Crippen LogP contribution is 2.22. The molecule has 0 unspecified atom stereocenters. The Morgan fingerprint density at radius 2 is 2.05 bits per heavy atom. The highest BCUT2D eigenvalue weighted by Gasteiger charge is 2.19. The predicted molar refractivity (Wildman–Crippen MR) is 80.5 cm³/mol. The maximum atomic E-state index is 11.5. The minimum atomic E-state index is -0.0108. The molecule has 1 amide bonds. The molecule has 21 heavy (non-hydrogen) atoms. The minimum Gasteiger partial charge on any atom is -0.353 e. The SMILES string of the molecule is NNc1cc(N2CCNC(=O)C2)nc(-c2ccccc2)n1. The summed E-state index contributed by atoms with van der Waals surface area (Å²) in [6.45, 7) is 1.60. The number of amides is 1. The summed E-state index contributed by atoms with van der Waals surface area (Å²) in [7, 11) is 0. The first-order valence-corrected chi connectivity index (χ1v) is 6.69. The number of carbonyl (C=O) groups is 1. The van der Waals surface area contributed by atoms with Gasteiger partial charge in [0.25, 0.3) is 0 Å². The molecule has 1 fully saturated rings. The van der Waals surface area contributed by atoms with E-state index >= 15 is 0 Å². The van der Waals surface area contributed by atoms with Crippen molar-refractivity contribution in [2.24, 2.45) is 5.84 Å². The van der Waals surface area contributed by atoms with E-state index in [1.54, 1.807) is 6.07 Å². The third-order valence-electron chi connectivity index (χ3n) is 3.25. The van der Waals surface area contributed by atoms with E-state index in [9.17, 15) is 4.79 Å². The summed E-state index contributed by atoms with van der Waals surface area (Å²) in [5.74, 6) is 7.25. The lowest BCUT2D eigenvalue weighted by atomic mass is 10.2. The predicted octanol–water partition coefficient (Wildman–Crippen LogP) is 0.365. The lowest BCUT2D eigenvalue weighted by Crippen LogP contribution is -2.48. The van der Waals surface area contributed by atoms with Crippen molar-refractivity contribution in [3.8, 4) is 11.4 Å². The lowest BCUT2D eigenvalue weighted by Gasteiger charge is -2.28. The summed E-state index contributed by atoms with van der Waals surface area (Å²) in [5, 5.41) is 2.79. The monoisotopic (exact) mass is 284 g/mol. The molecule has 1 aliphatic heterocycles. The Hall–Kier alpha value is -2.67. The number of nitrogens with one attached hydrogen (secondary N) is 2. The molecule has 3 rings (SSSR count). The second-order valence-electron chi connectivity index (χ2n) is 4.72. The second-order valence-corrected chi connectivity index (χ2v) is 4.72. The van der Waals surface area contributed by atoms with Gasteiger partial charge in [-0.2, -0.15) is 0 Å². The Morgan fingerprint density at radius 1 is 1.24 bits per heavy atom. The van der Waals surface area contributed by atoms with Crippen molar-refractivity contribution in [3.05, 3.63) is 36.4 Å². The molecule has 7 nitrogen and oxygen atoms in total. The van der Waals surface area contributed by atoms with Crippen LogP contribution in [0.25, 0.3) is 11.4 Å². The molecule has 1 aromatic carbocycles. The molecule has 2 aromatic rings. The molecule has 4 N–H and O–H groups in total. The van der Waals surface area contributed by atoms with Crippen LogP contribution in [0.3, 0.4) is 0 Å². The molecule has 0 saturated carbocycles. The van der Waals surface area contributed by atoms with Crippen molar-refractivity contribution in [2.45, 2.75) is 0 Å². The first kappa shape index (κ1) is 13.3. The van der Waals surface area contributed by atoms with E-state index in [0.717, 1.165) is 5.56 Å². The van der Waals surface area contributed by atoms with Crippen LogP contribution in [-0.2, 0) is 4.79 Å². The zero-order valence-corrected chi connectivity index (χ0v) is 11.4. The summed E-state index contributed by atoms with van der Waals surface area (Å²) in [4.78, 5) is 22.3. The molecule has 1 aliphatic rings. The van der Waals surface area contributed by atoms with Crippen LogP contribution in [-0.4, -0.2) is 35.5 Å². The van der Waals surface area contributed by atoms with Gasteiger partial charge in [0, 0.05) is 24.7 Å². The van der Waals surface area contributed by atoms with Crippen LogP contribution in [0.4, 0.5) is 11.6 Å². The van der Waals surface area contributed by atoms with Crippen LogP contribution >= 0.6 is 0 Å². The molecule has 0 spiro atoms. The van der Waals surface area contributed by atoms with Gasteiger partial charge < -0.3 is 15.6 Å². The van der Waals surface area contributed by atoms with Crippen molar-refractivity contribution in [1.29, 1.82) is 0 Å². The van der Waals surface area contributed by atoms with Crippen LogP contribution in [0.5, 0.6) is 0 Å². The molecular formula is C14H16N6O. The summed E-state index contributed by atoms with van der Waals surface area (Å²) in [6, 6.07) is 11.4. The van der Waals surface area contributed by atoms with E-state index in [-0.39, 0.29) is 12.5 Å². The van der Waals surface area contributed by atoms with Gasteiger partial charge in [-0.25, -0.2) is 15.8 Å². The molecule has 1 aromatic heterocycles. The van der Waals surface area contributed by atoms with Crippen molar-refractivity contribution in [2.75, 3.05) is 30.0 Å². The second kappa shape index (κ2) is 5.76. The Bertz CT molecular complexity index is 645. The number of hydrazine groups is 1. The largest absolute Gasteiger partial charge is 0.353 e. The van der Waals surface area contributed by atoms with Gasteiger partial charge in [-0.15, -0.1) is 0 Å². The third-order valence-corrected chi connectivity index (χ3v) is 3.25. The number of anilines is 2. The zero-order chi connectivity index (χ0) is 14.7. The molecule has 108 valence electrons. The summed E-state index contributed by atoms with van der Waals surface area (Å²) < 4.78 is 0. The van der Waals surface area contributed by atoms with Gasteiger partial charge in [-0.3, -0.25) is 4.79 Å². The molecule has 0 bridgehead atoms. The number of nitrogen functional groups attached to an aromatic ring is 1. The Balaban J connectivity index is 1.99. The standard InChI is InChI=1S/C14H16N6O/c15-19-11-8-12(20-7-6-16-13(21)9-20)18-14(17-11)10-4-2-1-3-5-10/h1-5,8H,6-7,9,15H2,(H,16,21)(H,17,18,19). The number of benzene rings is 1. The van der Waals surface area contributed by atoms with Gasteiger partial charge in [0.15, 0.2) is 5.82 Å². The normalized spacial score (nSPS) is 14.7. The van der Waals surface area contributed by atoms with E-state index in [4.69, 9.17) is 5.84 Å². The molecule has 0 atom stereocenters. The summed E-state index contributed by atoms with van der Waals surface area (Å²) >= 11 is 0. The van der Waals surface area contributed by atoms with E-state index < -0.39 is 0 Å². The molecule has 0 radical (unpaired) electrons. The highest BCUT2D eigenvalue weighted by atomic mass is 16.2. The topological polar surface area (TPSA) is 96.2 Å². The molecule has 0 aliphatic carbocycles. The fourth-order valence-electron chi connectivity index (χ4n) is 2.22. The number of hydrogen-bond donors (Lipinski definition) is 3. The van der Waals surface area contributed by atoms with E-state index in [1.807, 2.05) is 35.2 Å². The van der Waals surface area contributed by atoms with Gasteiger partial charge in [0.1, 0.15) is 11.6 Å². The Labute approximate surface area is 122 Å². The number of carbonyl (C=O) groups excluding carboxylic acids is 1. The zero-order valence-electron chi connectivity index (χ0n) is 11.4. The average Bonchev–Trinajstić information content (AvgIpc) is 2.55. The van der Waals surface area contributed by atoms with E-state index in [0.29, 0.717) is 30.5 Å². The van der Waals surface area contributed by atoms with Crippen molar-refractivity contribution >= 4 is 17.5 Å².